The predicted molar refractivity (Wildman–Crippen MR) is 57.3 cm³/mol. The van der Waals surface area contributed by atoms with E-state index in [1.165, 1.54) is 22.3 Å². The molecule has 0 unspecified atom stereocenters. The number of aryl methyl sites for hydroxylation is 3. The molecule has 0 heterocycles. The second kappa shape index (κ2) is 4.73. The van der Waals surface area contributed by atoms with Crippen LogP contribution in [0, 0.1) is 20.8 Å². The fourth-order valence-electron chi connectivity index (χ4n) is 1.82. The zero-order valence-electron chi connectivity index (χ0n) is 8.92. The van der Waals surface area contributed by atoms with Crippen molar-refractivity contribution < 1.29 is 4.79 Å². The maximum Gasteiger partial charge on any atom is 0.234 e. The van der Waals surface area contributed by atoms with Gasteiger partial charge in [-0.3, -0.25) is 0 Å². The number of rotatable bonds is 3. The molecule has 2 nitrogen and oxygen atoms in total. The molecule has 0 saturated heterocycles. The SMILES string of the molecule is Cc1cc(C)c(CCN=C=O)c(C)c1. The molecule has 0 saturated carbocycles. The minimum atomic E-state index is 0.536. The van der Waals surface area contributed by atoms with Crippen LogP contribution in [0.4, 0.5) is 0 Å². The summed E-state index contributed by atoms with van der Waals surface area (Å²) in [6.07, 6.45) is 2.39. The van der Waals surface area contributed by atoms with E-state index in [4.69, 9.17) is 0 Å². The molecule has 0 fully saturated rings. The van der Waals surface area contributed by atoms with Crippen LogP contribution in [0.15, 0.2) is 17.1 Å². The van der Waals surface area contributed by atoms with Crippen molar-refractivity contribution in [2.75, 3.05) is 6.54 Å². The quantitative estimate of drug-likeness (QED) is 0.530. The molecule has 0 N–H and O–H groups in total. The average molecular weight is 189 g/mol. The number of hydrogen-bond acceptors (Lipinski definition) is 2. The lowest BCUT2D eigenvalue weighted by Crippen LogP contribution is -1.97. The van der Waals surface area contributed by atoms with Crippen molar-refractivity contribution in [2.24, 2.45) is 4.99 Å². The number of hydrogen-bond donors (Lipinski definition) is 0. The summed E-state index contributed by atoms with van der Waals surface area (Å²) in [5.74, 6) is 0. The molecule has 1 aromatic carbocycles. The van der Waals surface area contributed by atoms with Crippen LogP contribution in [-0.2, 0) is 11.2 Å². The summed E-state index contributed by atoms with van der Waals surface area (Å²) in [5, 5.41) is 0. The van der Waals surface area contributed by atoms with Gasteiger partial charge in [0.1, 0.15) is 0 Å². The molecular formula is C12H15NO. The van der Waals surface area contributed by atoms with E-state index in [0.29, 0.717) is 6.54 Å². The van der Waals surface area contributed by atoms with Gasteiger partial charge in [0, 0.05) is 0 Å². The van der Waals surface area contributed by atoms with Crippen LogP contribution in [0.5, 0.6) is 0 Å². The molecule has 0 aliphatic carbocycles. The van der Waals surface area contributed by atoms with Gasteiger partial charge in [0.25, 0.3) is 0 Å². The fourth-order valence-corrected chi connectivity index (χ4v) is 1.82. The summed E-state index contributed by atoms with van der Waals surface area (Å²) < 4.78 is 0. The summed E-state index contributed by atoms with van der Waals surface area (Å²) in [6, 6.07) is 4.32. The molecule has 0 atom stereocenters. The molecule has 0 aliphatic rings. The van der Waals surface area contributed by atoms with Crippen LogP contribution < -0.4 is 0 Å². The summed E-state index contributed by atoms with van der Waals surface area (Å²) in [7, 11) is 0. The Morgan fingerprint density at radius 3 is 2.29 bits per heavy atom. The topological polar surface area (TPSA) is 29.4 Å². The molecule has 0 spiro atoms. The second-order valence-electron chi connectivity index (χ2n) is 3.60. The number of aliphatic imine (C=N–C) groups is 1. The number of nitrogens with zero attached hydrogens (tertiary/aromatic N) is 1. The molecule has 1 rings (SSSR count). The smallest absolute Gasteiger partial charge is 0.211 e. The maximum atomic E-state index is 9.93. The van der Waals surface area contributed by atoms with Crippen LogP contribution in [0.25, 0.3) is 0 Å². The van der Waals surface area contributed by atoms with Crippen LogP contribution in [-0.4, -0.2) is 12.6 Å². The molecule has 14 heavy (non-hydrogen) atoms. The molecule has 0 amide bonds. The fraction of sp³-hybridized carbons (Fsp3) is 0.417. The van der Waals surface area contributed by atoms with Crippen LogP contribution in [0.2, 0.25) is 0 Å². The van der Waals surface area contributed by atoms with Crippen molar-refractivity contribution in [3.05, 3.63) is 34.4 Å². The summed E-state index contributed by atoms with van der Waals surface area (Å²) in [5.41, 5.74) is 5.14. The van der Waals surface area contributed by atoms with Crippen molar-refractivity contribution in [2.45, 2.75) is 27.2 Å². The first-order chi connectivity index (χ1) is 6.65. The molecular weight excluding hydrogens is 174 g/mol. The van der Waals surface area contributed by atoms with Gasteiger partial charge in [-0.25, -0.2) is 9.79 Å². The Morgan fingerprint density at radius 1 is 1.21 bits per heavy atom. The monoisotopic (exact) mass is 189 g/mol. The Hall–Kier alpha value is -1.40. The van der Waals surface area contributed by atoms with Gasteiger partial charge in [0.05, 0.1) is 6.54 Å². The molecule has 74 valence electrons. The van der Waals surface area contributed by atoms with Gasteiger partial charge >= 0.3 is 0 Å². The zero-order chi connectivity index (χ0) is 10.6. The van der Waals surface area contributed by atoms with Gasteiger partial charge in [0.15, 0.2) is 0 Å². The van der Waals surface area contributed by atoms with E-state index in [-0.39, 0.29) is 0 Å². The predicted octanol–water partition coefficient (Wildman–Crippen LogP) is 2.49. The van der Waals surface area contributed by atoms with E-state index >= 15 is 0 Å². The Bertz CT molecular complexity index is 353. The second-order valence-corrected chi connectivity index (χ2v) is 3.60. The van der Waals surface area contributed by atoms with E-state index in [0.717, 1.165) is 6.42 Å². The molecule has 2 heteroatoms. The van der Waals surface area contributed by atoms with Crippen LogP contribution in [0.3, 0.4) is 0 Å². The molecule has 0 bridgehead atoms. The van der Waals surface area contributed by atoms with Gasteiger partial charge in [-0.1, -0.05) is 17.7 Å². The average Bonchev–Trinajstić information content (AvgIpc) is 2.09. The van der Waals surface area contributed by atoms with E-state index in [1.807, 2.05) is 0 Å². The third-order valence-corrected chi connectivity index (χ3v) is 2.38. The highest BCUT2D eigenvalue weighted by molar-refractivity contribution is 5.38. The largest absolute Gasteiger partial charge is 0.234 e. The molecule has 1 aromatic rings. The first-order valence-electron chi connectivity index (χ1n) is 4.75. The lowest BCUT2D eigenvalue weighted by molar-refractivity contribution is 0.563. The van der Waals surface area contributed by atoms with Gasteiger partial charge in [0.2, 0.25) is 6.08 Å². The van der Waals surface area contributed by atoms with Crippen molar-refractivity contribution in [1.29, 1.82) is 0 Å². The van der Waals surface area contributed by atoms with Crippen molar-refractivity contribution in [3.63, 3.8) is 0 Å². The summed E-state index contributed by atoms with van der Waals surface area (Å²) >= 11 is 0. The van der Waals surface area contributed by atoms with E-state index in [2.05, 4.69) is 37.9 Å². The summed E-state index contributed by atoms with van der Waals surface area (Å²) in [6.45, 7) is 6.82. The highest BCUT2D eigenvalue weighted by Gasteiger charge is 2.02. The van der Waals surface area contributed by atoms with E-state index in [9.17, 15) is 4.79 Å². The standard InChI is InChI=1S/C12H15NO/c1-9-6-10(2)12(11(3)7-9)4-5-13-8-14/h6-7H,4-5H2,1-3H3. The molecule has 0 aromatic heterocycles. The first-order valence-corrected chi connectivity index (χ1v) is 4.75. The Morgan fingerprint density at radius 2 is 1.79 bits per heavy atom. The first kappa shape index (κ1) is 10.7. The van der Waals surface area contributed by atoms with Gasteiger partial charge in [-0.05, 0) is 43.9 Å². The minimum Gasteiger partial charge on any atom is -0.211 e. The van der Waals surface area contributed by atoms with Gasteiger partial charge in [-0.15, -0.1) is 0 Å². The highest BCUT2D eigenvalue weighted by Crippen LogP contribution is 2.16. The van der Waals surface area contributed by atoms with Crippen LogP contribution >= 0.6 is 0 Å². The van der Waals surface area contributed by atoms with E-state index in [1.54, 1.807) is 6.08 Å². The van der Waals surface area contributed by atoms with Crippen LogP contribution in [0.1, 0.15) is 22.3 Å². The zero-order valence-corrected chi connectivity index (χ0v) is 8.92. The van der Waals surface area contributed by atoms with Crippen molar-refractivity contribution in [3.8, 4) is 0 Å². The number of carbonyl (C=O) groups excluding carboxylic acids is 1. The normalized spacial score (nSPS) is 9.64. The third kappa shape index (κ3) is 2.54. The minimum absolute atomic E-state index is 0.536. The third-order valence-electron chi connectivity index (χ3n) is 2.38. The molecule has 0 aliphatic heterocycles. The lowest BCUT2D eigenvalue weighted by atomic mass is 9.97. The Balaban J connectivity index is 2.90. The van der Waals surface area contributed by atoms with Gasteiger partial charge in [-0.2, -0.15) is 0 Å². The van der Waals surface area contributed by atoms with Crippen molar-refractivity contribution >= 4 is 6.08 Å². The van der Waals surface area contributed by atoms with Gasteiger partial charge < -0.3 is 0 Å². The van der Waals surface area contributed by atoms with Crippen molar-refractivity contribution in [1.82, 2.24) is 0 Å². The highest BCUT2D eigenvalue weighted by atomic mass is 16.1. The Labute approximate surface area is 84.7 Å². The number of benzene rings is 1. The maximum absolute atomic E-state index is 9.93. The lowest BCUT2D eigenvalue weighted by Gasteiger charge is -2.09. The summed E-state index contributed by atoms with van der Waals surface area (Å²) in [4.78, 5) is 13.5. The molecule has 0 radical (unpaired) electrons. The number of isocyanates is 1. The van der Waals surface area contributed by atoms with E-state index < -0.39 is 0 Å². The Kier molecular flexibility index (Phi) is 3.61.